The van der Waals surface area contributed by atoms with Crippen molar-refractivity contribution in [3.8, 4) is 5.75 Å². The van der Waals surface area contributed by atoms with E-state index in [-0.39, 0.29) is 6.09 Å². The molecule has 0 spiro atoms. The fourth-order valence-corrected chi connectivity index (χ4v) is 4.39. The summed E-state index contributed by atoms with van der Waals surface area (Å²) in [6.07, 6.45) is -0.114. The Balaban J connectivity index is 1.55. The maximum absolute atomic E-state index is 12.3. The molecule has 2 heterocycles. The van der Waals surface area contributed by atoms with Crippen molar-refractivity contribution in [1.82, 2.24) is 9.47 Å². The van der Waals surface area contributed by atoms with Gasteiger partial charge < -0.3 is 29.4 Å². The molecule has 0 saturated carbocycles. The lowest BCUT2D eigenvalue weighted by Gasteiger charge is -2.28. The summed E-state index contributed by atoms with van der Waals surface area (Å²) in [6, 6.07) is 14.0. The molecular formula is C25H31N3O4. The number of aliphatic hydroxyl groups excluding tert-OH is 1. The van der Waals surface area contributed by atoms with Crippen molar-refractivity contribution in [2.45, 2.75) is 39.5 Å². The maximum Gasteiger partial charge on any atom is 0.410 e. The molecule has 170 valence electrons. The van der Waals surface area contributed by atoms with E-state index in [0.717, 1.165) is 34.3 Å². The predicted molar refractivity (Wildman–Crippen MR) is 125 cm³/mol. The van der Waals surface area contributed by atoms with Crippen molar-refractivity contribution in [2.75, 3.05) is 32.1 Å². The van der Waals surface area contributed by atoms with E-state index in [4.69, 9.17) is 9.47 Å². The van der Waals surface area contributed by atoms with Gasteiger partial charge in [0.25, 0.3) is 0 Å². The standard InChI is InChI=1S/C25H31N3O4/c1-4-32-25(30)27-11-10-24-22(16-27)21-12-17(2)8-9-23(21)28(24)15-19(29)14-26-18-6-5-7-20(13-18)31-3/h5-9,12-13,19,26,29H,4,10-11,14-16H2,1-3H3. The Morgan fingerprint density at radius 3 is 2.88 bits per heavy atom. The van der Waals surface area contributed by atoms with E-state index in [0.29, 0.717) is 32.8 Å². The van der Waals surface area contributed by atoms with Crippen LogP contribution in [0.5, 0.6) is 5.75 Å². The predicted octanol–water partition coefficient (Wildman–Crippen LogP) is 3.95. The number of fused-ring (bicyclic) bond motifs is 3. The second-order valence-corrected chi connectivity index (χ2v) is 8.19. The van der Waals surface area contributed by atoms with Crippen LogP contribution in [0.1, 0.15) is 23.7 Å². The monoisotopic (exact) mass is 437 g/mol. The lowest BCUT2D eigenvalue weighted by Crippen LogP contribution is -2.37. The number of carbonyl (C=O) groups excluding carboxylic acids is 1. The topological polar surface area (TPSA) is 76.0 Å². The van der Waals surface area contributed by atoms with Gasteiger partial charge in [-0.15, -0.1) is 0 Å². The number of methoxy groups -OCH3 is 1. The number of aliphatic hydroxyl groups is 1. The zero-order valence-corrected chi connectivity index (χ0v) is 18.9. The number of benzene rings is 2. The number of carbonyl (C=O) groups is 1. The van der Waals surface area contributed by atoms with Crippen LogP contribution in [0.15, 0.2) is 42.5 Å². The van der Waals surface area contributed by atoms with Gasteiger partial charge in [0, 0.05) is 53.4 Å². The molecule has 32 heavy (non-hydrogen) atoms. The Morgan fingerprint density at radius 2 is 2.09 bits per heavy atom. The second-order valence-electron chi connectivity index (χ2n) is 8.19. The first-order valence-corrected chi connectivity index (χ1v) is 11.1. The summed E-state index contributed by atoms with van der Waals surface area (Å²) in [6.45, 7) is 6.30. The summed E-state index contributed by atoms with van der Waals surface area (Å²) in [5.74, 6) is 0.775. The van der Waals surface area contributed by atoms with E-state index in [1.807, 2.05) is 31.2 Å². The van der Waals surface area contributed by atoms with Gasteiger partial charge in [-0.3, -0.25) is 0 Å². The molecule has 0 saturated heterocycles. The minimum absolute atomic E-state index is 0.269. The molecule has 2 N–H and O–H groups in total. The first kappa shape index (κ1) is 22.0. The molecule has 2 aromatic carbocycles. The molecule has 1 atom stereocenters. The number of rotatable bonds is 7. The van der Waals surface area contributed by atoms with Crippen LogP contribution in [-0.4, -0.2) is 53.6 Å². The third kappa shape index (κ3) is 4.53. The summed E-state index contributed by atoms with van der Waals surface area (Å²) in [7, 11) is 1.64. The van der Waals surface area contributed by atoms with Crippen molar-refractivity contribution in [1.29, 1.82) is 0 Å². The first-order valence-electron chi connectivity index (χ1n) is 11.1. The number of nitrogens with zero attached hydrogens (tertiary/aromatic N) is 2. The summed E-state index contributed by atoms with van der Waals surface area (Å²) < 4.78 is 12.7. The highest BCUT2D eigenvalue weighted by Gasteiger charge is 2.28. The number of nitrogens with one attached hydrogen (secondary N) is 1. The normalized spacial score (nSPS) is 14.2. The highest BCUT2D eigenvalue weighted by molar-refractivity contribution is 5.87. The van der Waals surface area contributed by atoms with Crippen LogP contribution in [0.25, 0.3) is 10.9 Å². The zero-order chi connectivity index (χ0) is 22.7. The van der Waals surface area contributed by atoms with Gasteiger partial charge in [-0.2, -0.15) is 0 Å². The second kappa shape index (κ2) is 9.53. The fourth-order valence-electron chi connectivity index (χ4n) is 4.39. The van der Waals surface area contributed by atoms with Gasteiger partial charge in [-0.25, -0.2) is 4.79 Å². The van der Waals surface area contributed by atoms with Crippen molar-refractivity contribution in [3.05, 3.63) is 59.3 Å². The number of anilines is 1. The van der Waals surface area contributed by atoms with Crippen LogP contribution in [0.4, 0.5) is 10.5 Å². The van der Waals surface area contributed by atoms with Gasteiger partial charge in [-0.05, 0) is 38.1 Å². The molecule has 4 rings (SSSR count). The Bertz CT molecular complexity index is 1110. The smallest absolute Gasteiger partial charge is 0.410 e. The number of hydrogen-bond acceptors (Lipinski definition) is 5. The van der Waals surface area contributed by atoms with E-state index >= 15 is 0 Å². The molecule has 0 bridgehead atoms. The van der Waals surface area contributed by atoms with Crippen LogP contribution in [0.2, 0.25) is 0 Å². The molecule has 1 amide bonds. The van der Waals surface area contributed by atoms with Crippen molar-refractivity contribution < 1.29 is 19.4 Å². The fraction of sp³-hybridized carbons (Fsp3) is 0.400. The lowest BCUT2D eigenvalue weighted by atomic mass is 10.0. The highest BCUT2D eigenvalue weighted by Crippen LogP contribution is 2.32. The van der Waals surface area contributed by atoms with E-state index < -0.39 is 6.10 Å². The van der Waals surface area contributed by atoms with Crippen molar-refractivity contribution >= 4 is 22.7 Å². The van der Waals surface area contributed by atoms with Crippen LogP contribution in [0, 0.1) is 6.92 Å². The SMILES string of the molecule is CCOC(=O)N1CCc2c(c3cc(C)ccc3n2CC(O)CNc2cccc(OC)c2)C1. The quantitative estimate of drug-likeness (QED) is 0.585. The molecule has 1 unspecified atom stereocenters. The van der Waals surface area contributed by atoms with E-state index in [2.05, 4.69) is 35.0 Å². The Morgan fingerprint density at radius 1 is 1.25 bits per heavy atom. The maximum atomic E-state index is 12.3. The Labute approximate surface area is 188 Å². The third-order valence-electron chi connectivity index (χ3n) is 5.94. The van der Waals surface area contributed by atoms with Gasteiger partial charge in [-0.1, -0.05) is 17.7 Å². The average Bonchev–Trinajstić information content (AvgIpc) is 3.10. The molecule has 1 aliphatic rings. The largest absolute Gasteiger partial charge is 0.497 e. The van der Waals surface area contributed by atoms with E-state index in [1.54, 1.807) is 12.0 Å². The average molecular weight is 438 g/mol. The summed E-state index contributed by atoms with van der Waals surface area (Å²) in [5.41, 5.74) is 5.50. The number of aromatic nitrogens is 1. The Hall–Kier alpha value is -3.19. The molecule has 1 aromatic heterocycles. The van der Waals surface area contributed by atoms with Crippen molar-refractivity contribution in [3.63, 3.8) is 0 Å². The third-order valence-corrected chi connectivity index (χ3v) is 5.94. The van der Waals surface area contributed by atoms with Gasteiger partial charge in [0.05, 0.1) is 32.9 Å². The minimum atomic E-state index is -0.578. The van der Waals surface area contributed by atoms with Crippen LogP contribution in [0.3, 0.4) is 0 Å². The van der Waals surface area contributed by atoms with E-state index in [9.17, 15) is 9.90 Å². The summed E-state index contributed by atoms with van der Waals surface area (Å²) in [4.78, 5) is 14.1. The van der Waals surface area contributed by atoms with E-state index in [1.165, 1.54) is 11.3 Å². The van der Waals surface area contributed by atoms with Crippen LogP contribution < -0.4 is 10.1 Å². The molecule has 0 aliphatic carbocycles. The van der Waals surface area contributed by atoms with Gasteiger partial charge in [0.2, 0.25) is 0 Å². The van der Waals surface area contributed by atoms with Crippen molar-refractivity contribution in [2.24, 2.45) is 0 Å². The van der Waals surface area contributed by atoms with Gasteiger partial charge in [0.1, 0.15) is 5.75 Å². The molecule has 0 fully saturated rings. The van der Waals surface area contributed by atoms with Crippen LogP contribution >= 0.6 is 0 Å². The molecule has 1 aliphatic heterocycles. The minimum Gasteiger partial charge on any atom is -0.497 e. The molecule has 7 heteroatoms. The zero-order valence-electron chi connectivity index (χ0n) is 18.9. The van der Waals surface area contributed by atoms with Gasteiger partial charge in [0.15, 0.2) is 0 Å². The Kier molecular flexibility index (Phi) is 6.55. The number of amides is 1. The molecule has 7 nitrogen and oxygen atoms in total. The molecule has 3 aromatic rings. The highest BCUT2D eigenvalue weighted by atomic mass is 16.6. The summed E-state index contributed by atoms with van der Waals surface area (Å²) >= 11 is 0. The van der Waals surface area contributed by atoms with Gasteiger partial charge >= 0.3 is 6.09 Å². The molecular weight excluding hydrogens is 406 g/mol. The summed E-state index contributed by atoms with van der Waals surface area (Å²) in [5, 5.41) is 15.3. The van der Waals surface area contributed by atoms with Crippen LogP contribution in [-0.2, 0) is 24.2 Å². The molecule has 0 radical (unpaired) electrons. The first-order chi connectivity index (χ1) is 15.5. The number of hydrogen-bond donors (Lipinski definition) is 2. The number of ether oxygens (including phenoxy) is 2. The lowest BCUT2D eigenvalue weighted by molar-refractivity contribution is 0.102. The number of aryl methyl sites for hydroxylation is 1.